The summed E-state index contributed by atoms with van der Waals surface area (Å²) in [6.07, 6.45) is 8.84. The topological polar surface area (TPSA) is 50.4 Å². The van der Waals surface area contributed by atoms with Gasteiger partial charge >= 0.3 is 0 Å². The van der Waals surface area contributed by atoms with Crippen LogP contribution in [0, 0.1) is 0 Å². The first-order valence-corrected chi connectivity index (χ1v) is 6.99. The zero-order chi connectivity index (χ0) is 11.9. The van der Waals surface area contributed by atoms with Gasteiger partial charge in [-0.25, -0.2) is 0 Å². The third-order valence-electron chi connectivity index (χ3n) is 3.68. The molecule has 1 atom stereocenters. The highest BCUT2D eigenvalue weighted by Crippen LogP contribution is 2.19. The van der Waals surface area contributed by atoms with Crippen molar-refractivity contribution in [3.8, 4) is 0 Å². The Balaban J connectivity index is 1.51. The lowest BCUT2D eigenvalue weighted by atomic mass is 9.98. The summed E-state index contributed by atoms with van der Waals surface area (Å²) in [5.74, 6) is 0.134. The van der Waals surface area contributed by atoms with Crippen LogP contribution in [0.5, 0.6) is 0 Å². The molecule has 0 radical (unpaired) electrons. The second kappa shape index (κ2) is 6.97. The Labute approximate surface area is 103 Å². The van der Waals surface area contributed by atoms with Crippen LogP contribution in [0.25, 0.3) is 0 Å². The lowest BCUT2D eigenvalue weighted by molar-refractivity contribution is -0.123. The maximum atomic E-state index is 11.7. The smallest absolute Gasteiger partial charge is 0.237 e. The van der Waals surface area contributed by atoms with Gasteiger partial charge in [0.25, 0.3) is 0 Å². The third kappa shape index (κ3) is 4.28. The van der Waals surface area contributed by atoms with Crippen LogP contribution in [0.3, 0.4) is 0 Å². The first-order valence-electron chi connectivity index (χ1n) is 6.99. The van der Waals surface area contributed by atoms with Crippen LogP contribution in [0.2, 0.25) is 0 Å². The van der Waals surface area contributed by atoms with Gasteiger partial charge in [-0.2, -0.15) is 0 Å². The minimum atomic E-state index is 0.0321. The van der Waals surface area contributed by atoms with E-state index in [1.54, 1.807) is 0 Å². The quantitative estimate of drug-likeness (QED) is 0.710. The van der Waals surface area contributed by atoms with E-state index < -0.39 is 0 Å². The van der Waals surface area contributed by atoms with E-state index in [1.165, 1.54) is 32.1 Å². The predicted octanol–water partition coefficient (Wildman–Crippen LogP) is 1.20. The molecular weight excluding hydrogens is 216 g/mol. The van der Waals surface area contributed by atoms with Crippen LogP contribution in [0.15, 0.2) is 0 Å². The zero-order valence-corrected chi connectivity index (χ0v) is 10.5. The van der Waals surface area contributed by atoms with Crippen LogP contribution in [-0.4, -0.2) is 37.7 Å². The van der Waals surface area contributed by atoms with Gasteiger partial charge in [-0.3, -0.25) is 4.79 Å². The summed E-state index contributed by atoms with van der Waals surface area (Å²) < 4.78 is 5.76. The monoisotopic (exact) mass is 240 g/mol. The van der Waals surface area contributed by atoms with Gasteiger partial charge < -0.3 is 15.4 Å². The molecule has 2 aliphatic rings. The number of hydrogen-bond acceptors (Lipinski definition) is 3. The molecule has 0 aromatic rings. The maximum absolute atomic E-state index is 11.7. The number of hydrogen-bond donors (Lipinski definition) is 2. The number of carbonyl (C=O) groups is 1. The van der Waals surface area contributed by atoms with Gasteiger partial charge in [0.05, 0.1) is 18.8 Å². The van der Waals surface area contributed by atoms with Crippen LogP contribution in [0.1, 0.15) is 44.9 Å². The highest BCUT2D eigenvalue weighted by Gasteiger charge is 2.21. The van der Waals surface area contributed by atoms with Crippen molar-refractivity contribution in [2.45, 2.75) is 57.1 Å². The number of amides is 1. The van der Waals surface area contributed by atoms with Crippen molar-refractivity contribution >= 4 is 5.91 Å². The molecule has 2 rings (SSSR count). The Hall–Kier alpha value is -0.610. The number of nitrogens with one attached hydrogen (secondary N) is 2. The van der Waals surface area contributed by atoms with E-state index in [9.17, 15) is 4.79 Å². The van der Waals surface area contributed by atoms with Crippen molar-refractivity contribution in [3.63, 3.8) is 0 Å². The van der Waals surface area contributed by atoms with Crippen LogP contribution < -0.4 is 10.6 Å². The van der Waals surface area contributed by atoms with Crippen molar-refractivity contribution in [2.24, 2.45) is 0 Å². The molecule has 1 saturated carbocycles. The van der Waals surface area contributed by atoms with Crippen molar-refractivity contribution in [1.29, 1.82) is 0 Å². The first-order chi connectivity index (χ1) is 8.36. The average Bonchev–Trinajstić information content (AvgIpc) is 2.89. The molecule has 1 aliphatic carbocycles. The molecule has 98 valence electrons. The molecule has 17 heavy (non-hydrogen) atoms. The molecule has 1 saturated heterocycles. The molecule has 0 aromatic heterocycles. The van der Waals surface area contributed by atoms with Crippen LogP contribution >= 0.6 is 0 Å². The third-order valence-corrected chi connectivity index (χ3v) is 3.68. The van der Waals surface area contributed by atoms with Gasteiger partial charge in [-0.15, -0.1) is 0 Å². The van der Waals surface area contributed by atoms with Crippen molar-refractivity contribution in [3.05, 3.63) is 0 Å². The summed E-state index contributed by atoms with van der Waals surface area (Å²) in [6, 6.07) is 0.0321. The average molecular weight is 240 g/mol. The zero-order valence-electron chi connectivity index (χ0n) is 10.5. The second-order valence-electron chi connectivity index (χ2n) is 5.07. The van der Waals surface area contributed by atoms with Crippen LogP contribution in [-0.2, 0) is 9.53 Å². The molecule has 4 nitrogen and oxygen atoms in total. The molecule has 0 bridgehead atoms. The number of carbonyl (C=O) groups excluding carboxylic acids is 1. The maximum Gasteiger partial charge on any atom is 0.237 e. The van der Waals surface area contributed by atoms with E-state index >= 15 is 0 Å². The fraction of sp³-hybridized carbons (Fsp3) is 0.923. The van der Waals surface area contributed by atoms with Crippen molar-refractivity contribution < 1.29 is 9.53 Å². The molecule has 1 amide bonds. The molecular formula is C13H24N2O2. The number of rotatable bonds is 5. The van der Waals surface area contributed by atoms with Crippen molar-refractivity contribution in [2.75, 3.05) is 19.7 Å². The van der Waals surface area contributed by atoms with E-state index in [-0.39, 0.29) is 11.9 Å². The summed E-state index contributed by atoms with van der Waals surface area (Å²) in [7, 11) is 0. The van der Waals surface area contributed by atoms with Crippen LogP contribution in [0.4, 0.5) is 0 Å². The molecule has 1 aliphatic heterocycles. The Morgan fingerprint density at radius 1 is 1.18 bits per heavy atom. The Morgan fingerprint density at radius 3 is 2.71 bits per heavy atom. The van der Waals surface area contributed by atoms with E-state index in [4.69, 9.17) is 4.74 Å². The molecule has 0 spiro atoms. The summed E-state index contributed by atoms with van der Waals surface area (Å²) >= 11 is 0. The Kier molecular flexibility index (Phi) is 5.26. The standard InChI is InChI=1S/C13H24N2O2/c16-13(12-7-4-8-14-12)15-9-10-17-11-5-2-1-3-6-11/h11-12,14H,1-10H2,(H,15,16)/t12-/m1/s1. The van der Waals surface area contributed by atoms with Gasteiger partial charge in [0.2, 0.25) is 5.91 Å². The van der Waals surface area contributed by atoms with Gasteiger partial charge in [0.1, 0.15) is 0 Å². The van der Waals surface area contributed by atoms with Gasteiger partial charge in [-0.1, -0.05) is 19.3 Å². The minimum absolute atomic E-state index is 0.0321. The lowest BCUT2D eigenvalue weighted by Crippen LogP contribution is -2.41. The van der Waals surface area contributed by atoms with E-state index in [1.807, 2.05) is 0 Å². The molecule has 2 N–H and O–H groups in total. The van der Waals surface area contributed by atoms with E-state index in [2.05, 4.69) is 10.6 Å². The van der Waals surface area contributed by atoms with Gasteiger partial charge in [0.15, 0.2) is 0 Å². The second-order valence-corrected chi connectivity index (χ2v) is 5.07. The summed E-state index contributed by atoms with van der Waals surface area (Å²) in [5, 5.41) is 6.13. The highest BCUT2D eigenvalue weighted by atomic mass is 16.5. The fourth-order valence-corrected chi connectivity index (χ4v) is 2.66. The molecule has 0 unspecified atom stereocenters. The van der Waals surface area contributed by atoms with E-state index in [0.29, 0.717) is 19.3 Å². The molecule has 4 heteroatoms. The normalized spacial score (nSPS) is 26.0. The molecule has 2 fully saturated rings. The Morgan fingerprint density at radius 2 is 2.00 bits per heavy atom. The molecule has 1 heterocycles. The summed E-state index contributed by atoms with van der Waals surface area (Å²) in [4.78, 5) is 11.7. The van der Waals surface area contributed by atoms with Gasteiger partial charge in [-0.05, 0) is 32.2 Å². The highest BCUT2D eigenvalue weighted by molar-refractivity contribution is 5.81. The summed E-state index contributed by atoms with van der Waals surface area (Å²) in [6.45, 7) is 2.27. The SMILES string of the molecule is O=C(NCCOC1CCCCC1)[C@H]1CCCN1. The minimum Gasteiger partial charge on any atom is -0.376 e. The Bertz CT molecular complexity index is 234. The first kappa shape index (κ1) is 12.8. The number of ether oxygens (including phenoxy) is 1. The van der Waals surface area contributed by atoms with E-state index in [0.717, 1.165) is 19.4 Å². The lowest BCUT2D eigenvalue weighted by Gasteiger charge is -2.22. The summed E-state index contributed by atoms with van der Waals surface area (Å²) in [5.41, 5.74) is 0. The predicted molar refractivity (Wildman–Crippen MR) is 66.9 cm³/mol. The largest absolute Gasteiger partial charge is 0.376 e. The molecule has 0 aromatic carbocycles. The fourth-order valence-electron chi connectivity index (χ4n) is 2.66. The van der Waals surface area contributed by atoms with Gasteiger partial charge in [0, 0.05) is 6.54 Å². The van der Waals surface area contributed by atoms with Crippen molar-refractivity contribution in [1.82, 2.24) is 10.6 Å².